The molecule has 0 spiro atoms. The Kier molecular flexibility index (Phi) is 11.0. The summed E-state index contributed by atoms with van der Waals surface area (Å²) in [7, 11) is 0. The molecule has 0 unspecified atom stereocenters. The number of hydrogen-bond acceptors (Lipinski definition) is 3. The molecule has 0 aliphatic rings. The molecule has 0 bridgehead atoms. The van der Waals surface area contributed by atoms with Crippen LogP contribution in [0.4, 0.5) is 0 Å². The first-order valence-electron chi connectivity index (χ1n) is 11.2. The van der Waals surface area contributed by atoms with Crippen molar-refractivity contribution in [1.82, 2.24) is 0 Å². The third-order valence-corrected chi connectivity index (χ3v) is 13.5. The van der Waals surface area contributed by atoms with Crippen LogP contribution < -0.4 is 13.1 Å². The standard InChI is InChI=1S/C27H33AsS3/c1-4-19-29-25-13-7-22(8-14-25)28(23-9-15-26(16-10-23)30-20-5-2)24-11-17-27(18-12-24)31-21-6-3/h7-18H,4-6,19-21H2,1-3H3. The number of thioether (sulfide) groups is 3. The molecule has 0 aliphatic heterocycles. The van der Waals surface area contributed by atoms with E-state index in [-0.39, 0.29) is 0 Å². The molecule has 3 aromatic carbocycles. The van der Waals surface area contributed by atoms with Crippen LogP contribution >= 0.6 is 35.3 Å². The van der Waals surface area contributed by atoms with Crippen molar-refractivity contribution >= 4 is 63.0 Å². The molecule has 0 fully saturated rings. The van der Waals surface area contributed by atoms with Gasteiger partial charge in [0.25, 0.3) is 0 Å². The van der Waals surface area contributed by atoms with Gasteiger partial charge in [-0.15, -0.1) is 0 Å². The summed E-state index contributed by atoms with van der Waals surface area (Å²) in [5, 5.41) is 0. The second-order valence-electron chi connectivity index (χ2n) is 7.36. The zero-order valence-corrected chi connectivity index (χ0v) is 23.2. The third-order valence-electron chi connectivity index (χ3n) is 4.70. The van der Waals surface area contributed by atoms with E-state index in [0.29, 0.717) is 0 Å². The summed E-state index contributed by atoms with van der Waals surface area (Å²) >= 11 is 4.32. The molecule has 0 saturated heterocycles. The Morgan fingerprint density at radius 3 is 0.935 bits per heavy atom. The van der Waals surface area contributed by atoms with Crippen molar-refractivity contribution in [3.05, 3.63) is 72.8 Å². The molecule has 3 rings (SSSR count). The molecule has 0 aromatic heterocycles. The van der Waals surface area contributed by atoms with Gasteiger partial charge in [-0.2, -0.15) is 0 Å². The van der Waals surface area contributed by atoms with Crippen LogP contribution in [0.2, 0.25) is 0 Å². The zero-order valence-electron chi connectivity index (χ0n) is 18.8. The minimum absolute atomic E-state index is 1.19. The maximum atomic E-state index is 2.39. The fraction of sp³-hybridized carbons (Fsp3) is 0.333. The van der Waals surface area contributed by atoms with Crippen LogP contribution in [0.3, 0.4) is 0 Å². The van der Waals surface area contributed by atoms with Crippen molar-refractivity contribution in [3.8, 4) is 0 Å². The van der Waals surface area contributed by atoms with E-state index < -0.39 is 14.7 Å². The molecule has 3 aromatic rings. The van der Waals surface area contributed by atoms with Crippen molar-refractivity contribution in [2.24, 2.45) is 0 Å². The molecular formula is C27H33AsS3. The molecule has 31 heavy (non-hydrogen) atoms. The predicted molar refractivity (Wildman–Crippen MR) is 147 cm³/mol. The minimum atomic E-state index is -1.57. The number of hydrogen-bond donors (Lipinski definition) is 0. The average Bonchev–Trinajstić information content (AvgIpc) is 2.82. The Balaban J connectivity index is 1.90. The molecule has 0 nitrogen and oxygen atoms in total. The van der Waals surface area contributed by atoms with Crippen molar-refractivity contribution < 1.29 is 0 Å². The fourth-order valence-corrected chi connectivity index (χ4v) is 10.2. The van der Waals surface area contributed by atoms with Crippen LogP contribution in [-0.2, 0) is 0 Å². The summed E-state index contributed by atoms with van der Waals surface area (Å²) in [6.45, 7) is 6.74. The average molecular weight is 529 g/mol. The van der Waals surface area contributed by atoms with Gasteiger partial charge in [0.2, 0.25) is 0 Å². The van der Waals surface area contributed by atoms with Gasteiger partial charge in [-0.25, -0.2) is 0 Å². The van der Waals surface area contributed by atoms with E-state index in [0.717, 1.165) is 0 Å². The SMILES string of the molecule is CCCSc1ccc([As](c2ccc(SCCC)cc2)c2ccc(SCCC)cc2)cc1. The summed E-state index contributed by atoms with van der Waals surface area (Å²) in [6.07, 6.45) is 3.65. The van der Waals surface area contributed by atoms with E-state index in [1.54, 1.807) is 0 Å². The van der Waals surface area contributed by atoms with Gasteiger partial charge in [-0.05, 0) is 0 Å². The van der Waals surface area contributed by atoms with Gasteiger partial charge in [0.15, 0.2) is 0 Å². The van der Waals surface area contributed by atoms with Gasteiger partial charge < -0.3 is 0 Å². The van der Waals surface area contributed by atoms with Crippen LogP contribution in [0.5, 0.6) is 0 Å². The van der Waals surface area contributed by atoms with Gasteiger partial charge in [-0.3, -0.25) is 0 Å². The Morgan fingerprint density at radius 2 is 0.710 bits per heavy atom. The topological polar surface area (TPSA) is 0 Å². The van der Waals surface area contributed by atoms with Crippen LogP contribution in [0.1, 0.15) is 40.0 Å². The Labute approximate surface area is 206 Å². The summed E-state index contributed by atoms with van der Waals surface area (Å²) in [5.41, 5.74) is 0. The van der Waals surface area contributed by atoms with Gasteiger partial charge >= 0.3 is 208 Å². The maximum absolute atomic E-state index is 2.39. The molecule has 0 amide bonds. The van der Waals surface area contributed by atoms with Crippen molar-refractivity contribution in [3.63, 3.8) is 0 Å². The third kappa shape index (κ3) is 7.67. The Bertz CT molecular complexity index is 767. The summed E-state index contributed by atoms with van der Waals surface area (Å²) in [5.74, 6) is 3.57. The molecular weight excluding hydrogens is 495 g/mol. The number of benzene rings is 3. The molecule has 4 heteroatoms. The van der Waals surface area contributed by atoms with E-state index >= 15 is 0 Å². The van der Waals surface area contributed by atoms with Crippen molar-refractivity contribution in [1.29, 1.82) is 0 Å². The van der Waals surface area contributed by atoms with E-state index in [9.17, 15) is 0 Å². The second kappa shape index (κ2) is 13.7. The second-order valence-corrected chi connectivity index (χ2v) is 15.5. The van der Waals surface area contributed by atoms with Crippen molar-refractivity contribution in [2.45, 2.75) is 54.7 Å². The van der Waals surface area contributed by atoms with Gasteiger partial charge in [-0.1, -0.05) is 0 Å². The van der Waals surface area contributed by atoms with E-state index in [4.69, 9.17) is 0 Å². The van der Waals surface area contributed by atoms with Crippen LogP contribution in [0.15, 0.2) is 87.5 Å². The first-order chi connectivity index (χ1) is 15.2. The van der Waals surface area contributed by atoms with E-state index in [1.807, 2.05) is 35.3 Å². The Hall–Kier alpha value is -0.732. The summed E-state index contributed by atoms with van der Waals surface area (Å²) in [4.78, 5) is 4.16. The first kappa shape index (κ1) is 24.9. The molecule has 0 saturated carbocycles. The van der Waals surface area contributed by atoms with Gasteiger partial charge in [0.1, 0.15) is 0 Å². The molecule has 0 heterocycles. The van der Waals surface area contributed by atoms with E-state index in [1.165, 1.54) is 64.3 Å². The Morgan fingerprint density at radius 1 is 0.452 bits per heavy atom. The first-order valence-corrected chi connectivity index (χ1v) is 17.0. The zero-order chi connectivity index (χ0) is 21.9. The van der Waals surface area contributed by atoms with E-state index in [2.05, 4.69) is 93.6 Å². The van der Waals surface area contributed by atoms with Gasteiger partial charge in [0.05, 0.1) is 0 Å². The summed E-state index contributed by atoms with van der Waals surface area (Å²) < 4.78 is 4.53. The molecule has 0 aliphatic carbocycles. The van der Waals surface area contributed by atoms with Crippen LogP contribution in [-0.4, -0.2) is 31.9 Å². The molecule has 0 radical (unpaired) electrons. The van der Waals surface area contributed by atoms with Crippen LogP contribution in [0.25, 0.3) is 0 Å². The fourth-order valence-electron chi connectivity index (χ4n) is 3.18. The van der Waals surface area contributed by atoms with Gasteiger partial charge in [0, 0.05) is 0 Å². The number of rotatable bonds is 12. The molecule has 164 valence electrons. The monoisotopic (exact) mass is 528 g/mol. The normalized spacial score (nSPS) is 11.2. The van der Waals surface area contributed by atoms with Crippen molar-refractivity contribution in [2.75, 3.05) is 17.3 Å². The quantitative estimate of drug-likeness (QED) is 0.189. The van der Waals surface area contributed by atoms with Crippen LogP contribution in [0, 0.1) is 0 Å². The summed E-state index contributed by atoms with van der Waals surface area (Å²) in [6, 6.07) is 28.3. The molecule has 0 atom stereocenters. The predicted octanol–water partition coefficient (Wildman–Crippen LogP) is 6.71. The molecule has 0 N–H and O–H groups in total.